The van der Waals surface area contributed by atoms with Gasteiger partial charge in [0.2, 0.25) is 0 Å². The largest absolute Gasteiger partial charge is 0.458 e. The summed E-state index contributed by atoms with van der Waals surface area (Å²) >= 11 is 0. The van der Waals surface area contributed by atoms with Crippen LogP contribution in [0.2, 0.25) is 0 Å². The van der Waals surface area contributed by atoms with E-state index in [0.717, 1.165) is 61.6 Å². The maximum Gasteiger partial charge on any atom is 0.458 e. The first-order chi connectivity index (χ1) is 16.5. The van der Waals surface area contributed by atoms with Gasteiger partial charge >= 0.3 is 12.1 Å². The van der Waals surface area contributed by atoms with Gasteiger partial charge in [-0.3, -0.25) is 0 Å². The van der Waals surface area contributed by atoms with Crippen LogP contribution in [0, 0.1) is 19.9 Å². The summed E-state index contributed by atoms with van der Waals surface area (Å²) in [5, 5.41) is 3.89. The third-order valence-corrected chi connectivity index (χ3v) is 6.10. The number of hydrogen-bond donors (Lipinski definition) is 0. The van der Waals surface area contributed by atoms with E-state index < -0.39 is 17.7 Å². The number of benzene rings is 4. The zero-order valence-electron chi connectivity index (χ0n) is 19.2. The van der Waals surface area contributed by atoms with Crippen LogP contribution in [-0.4, -0.2) is 11.2 Å². The van der Waals surface area contributed by atoms with Crippen LogP contribution in [0.25, 0.3) is 43.9 Å². The van der Waals surface area contributed by atoms with E-state index in [4.69, 9.17) is 0 Å². The van der Waals surface area contributed by atoms with Crippen LogP contribution in [-0.2, 0) is 26.0 Å². The second kappa shape index (κ2) is 9.38. The van der Waals surface area contributed by atoms with Crippen LogP contribution in [0.4, 0.5) is 22.0 Å². The molecule has 0 spiro atoms. The topological polar surface area (TPSA) is 12.9 Å². The Bertz CT molecular complexity index is 1550. The number of aromatic nitrogens is 1. The van der Waals surface area contributed by atoms with E-state index in [9.17, 15) is 22.0 Å². The Morgan fingerprint density at radius 2 is 1.36 bits per heavy atom. The van der Waals surface area contributed by atoms with Crippen LogP contribution < -0.4 is 0 Å². The number of hydrogen-bond acceptors (Lipinski definition) is 1. The fraction of sp³-hybridized carbons (Fsp3) is 0.138. The van der Waals surface area contributed by atoms with E-state index >= 15 is 0 Å². The number of nitrogens with zero attached hydrogens (tertiary/aromatic N) is 1. The number of alkyl halides is 5. The van der Waals surface area contributed by atoms with Crippen LogP contribution in [0.1, 0.15) is 16.7 Å². The van der Waals surface area contributed by atoms with E-state index in [1.54, 1.807) is 6.20 Å². The Kier molecular flexibility index (Phi) is 6.75. The molecule has 0 unspecified atom stereocenters. The van der Waals surface area contributed by atoms with Gasteiger partial charge in [0.05, 0.1) is 0 Å². The van der Waals surface area contributed by atoms with Crippen LogP contribution in [0.15, 0.2) is 79.0 Å². The predicted molar refractivity (Wildman–Crippen MR) is 128 cm³/mol. The van der Waals surface area contributed by atoms with E-state index in [-0.39, 0.29) is 20.1 Å². The SMILES string of the molecule is Cc1[c-]c(-c2nccc3c2ccc2cc(-c4ccc(C(F)(F)C(F)(F)F)cc4)ccc23)cc(C)c1.[Ir]. The van der Waals surface area contributed by atoms with Gasteiger partial charge in [0.1, 0.15) is 0 Å². The van der Waals surface area contributed by atoms with Crippen molar-refractivity contribution in [2.24, 2.45) is 0 Å². The van der Waals surface area contributed by atoms with Crippen molar-refractivity contribution in [3.8, 4) is 22.4 Å². The summed E-state index contributed by atoms with van der Waals surface area (Å²) < 4.78 is 65.2. The Labute approximate surface area is 218 Å². The third-order valence-electron chi connectivity index (χ3n) is 6.10. The summed E-state index contributed by atoms with van der Waals surface area (Å²) in [4.78, 5) is 4.60. The first kappa shape index (κ1) is 25.9. The first-order valence-electron chi connectivity index (χ1n) is 10.9. The van der Waals surface area contributed by atoms with Crippen molar-refractivity contribution < 1.29 is 42.1 Å². The molecule has 5 aromatic rings. The quantitative estimate of drug-likeness (QED) is 0.106. The molecule has 185 valence electrons. The molecule has 0 N–H and O–H groups in total. The van der Waals surface area contributed by atoms with Gasteiger partial charge < -0.3 is 4.98 Å². The molecule has 0 fully saturated rings. The van der Waals surface area contributed by atoms with Crippen molar-refractivity contribution in [3.05, 3.63) is 102 Å². The van der Waals surface area contributed by atoms with Crippen molar-refractivity contribution in [2.45, 2.75) is 25.9 Å². The standard InChI is InChI=1S/C29H19F5N.Ir/c1-17-13-18(2)15-22(14-17)27-26-10-6-21-16-20(5-9-24(21)25(26)11-12-35-27)19-3-7-23(8-4-19)28(30,31)29(32,33)34;/h3-14,16H,1-2H3;/q-1;. The summed E-state index contributed by atoms with van der Waals surface area (Å²) in [6, 6.07) is 23.3. The van der Waals surface area contributed by atoms with Crippen LogP contribution in [0.5, 0.6) is 0 Å². The number of aryl methyl sites for hydroxylation is 2. The molecule has 36 heavy (non-hydrogen) atoms. The normalized spacial score (nSPS) is 12.1. The zero-order chi connectivity index (χ0) is 25.0. The number of rotatable bonds is 3. The maximum atomic E-state index is 13.6. The number of halogens is 5. The summed E-state index contributed by atoms with van der Waals surface area (Å²) in [5.41, 5.74) is 4.09. The molecule has 0 amide bonds. The van der Waals surface area contributed by atoms with E-state index in [1.165, 1.54) is 12.1 Å². The molecule has 0 aliphatic rings. The van der Waals surface area contributed by atoms with Crippen molar-refractivity contribution in [1.29, 1.82) is 0 Å². The Morgan fingerprint density at radius 3 is 2.03 bits per heavy atom. The van der Waals surface area contributed by atoms with Crippen molar-refractivity contribution in [3.63, 3.8) is 0 Å². The monoisotopic (exact) mass is 669 g/mol. The minimum absolute atomic E-state index is 0. The molecule has 4 aromatic carbocycles. The minimum Gasteiger partial charge on any atom is -0.304 e. The van der Waals surface area contributed by atoms with Crippen molar-refractivity contribution in [1.82, 2.24) is 4.98 Å². The number of pyridine rings is 1. The molecule has 1 aromatic heterocycles. The molecule has 0 aliphatic heterocycles. The first-order valence-corrected chi connectivity index (χ1v) is 10.9. The summed E-state index contributed by atoms with van der Waals surface area (Å²) in [7, 11) is 0. The van der Waals surface area contributed by atoms with E-state index in [0.29, 0.717) is 5.56 Å². The van der Waals surface area contributed by atoms with Crippen molar-refractivity contribution in [2.75, 3.05) is 0 Å². The van der Waals surface area contributed by atoms with Crippen molar-refractivity contribution >= 4 is 21.5 Å². The minimum atomic E-state index is -5.64. The molecule has 1 nitrogen and oxygen atoms in total. The maximum absolute atomic E-state index is 13.6. The van der Waals surface area contributed by atoms with Gasteiger partial charge in [-0.1, -0.05) is 62.4 Å². The van der Waals surface area contributed by atoms with Gasteiger partial charge in [-0.2, -0.15) is 22.0 Å². The average molecular weight is 669 g/mol. The van der Waals surface area contributed by atoms with Gasteiger partial charge in [0.15, 0.2) is 0 Å². The molecule has 0 aliphatic carbocycles. The fourth-order valence-electron chi connectivity index (χ4n) is 4.45. The smallest absolute Gasteiger partial charge is 0.304 e. The Morgan fingerprint density at radius 1 is 0.694 bits per heavy atom. The van der Waals surface area contributed by atoms with Gasteiger partial charge in [-0.25, -0.2) is 0 Å². The summed E-state index contributed by atoms with van der Waals surface area (Å²) in [6.07, 6.45) is -3.88. The van der Waals surface area contributed by atoms with Gasteiger partial charge in [-0.05, 0) is 50.5 Å². The Balaban J connectivity index is 0.00000304. The second-order valence-corrected chi connectivity index (χ2v) is 8.66. The molecule has 7 heteroatoms. The molecule has 5 rings (SSSR count). The molecule has 0 saturated carbocycles. The molecule has 1 radical (unpaired) electrons. The van der Waals surface area contributed by atoms with Crippen LogP contribution in [0.3, 0.4) is 0 Å². The second-order valence-electron chi connectivity index (χ2n) is 8.66. The van der Waals surface area contributed by atoms with E-state index in [2.05, 4.69) is 17.1 Å². The molecule has 0 bridgehead atoms. The molecular weight excluding hydrogens is 650 g/mol. The molecule has 1 heterocycles. The summed E-state index contributed by atoms with van der Waals surface area (Å²) in [5.74, 6) is -4.90. The van der Waals surface area contributed by atoms with E-state index in [1.807, 2.05) is 56.3 Å². The van der Waals surface area contributed by atoms with Gasteiger partial charge in [-0.15, -0.1) is 34.9 Å². The molecule has 0 atom stereocenters. The fourth-order valence-corrected chi connectivity index (χ4v) is 4.45. The van der Waals surface area contributed by atoms with Gasteiger partial charge in [0.25, 0.3) is 0 Å². The van der Waals surface area contributed by atoms with Crippen LogP contribution >= 0.6 is 0 Å². The molecule has 0 saturated heterocycles. The molecular formula is C29H19F5IrN-. The zero-order valence-corrected chi connectivity index (χ0v) is 21.6. The van der Waals surface area contributed by atoms with Gasteiger partial charge in [0, 0.05) is 31.9 Å². The average Bonchev–Trinajstić information content (AvgIpc) is 2.82. The summed E-state index contributed by atoms with van der Waals surface area (Å²) in [6.45, 7) is 4.03. The Hall–Kier alpha value is -3.15. The number of fused-ring (bicyclic) bond motifs is 3. The third kappa shape index (κ3) is 4.54. The predicted octanol–water partition coefficient (Wildman–Crippen LogP) is 8.79.